The predicted molar refractivity (Wildman–Crippen MR) is 273 cm³/mol. The van der Waals surface area contributed by atoms with Crippen LogP contribution in [-0.2, 0) is 43.5 Å². The number of hydrogen-bond acceptors (Lipinski definition) is 8. The van der Waals surface area contributed by atoms with Crippen molar-refractivity contribution in [3.8, 4) is 0 Å². The Kier molecular flexibility index (Phi) is 20.2. The average molecular weight is 1100 g/mol. The Morgan fingerprint density at radius 3 is 1.14 bits per heavy atom. The number of carbonyl (C=O) groups is 6. The lowest BCUT2D eigenvalue weighted by molar-refractivity contribution is -0.138. The molecule has 77 heavy (non-hydrogen) atoms. The Morgan fingerprint density at radius 2 is 0.779 bits per heavy atom. The number of carboxylic acids is 1. The largest absolute Gasteiger partial charge is 0.478 e. The van der Waals surface area contributed by atoms with Crippen LogP contribution in [0.1, 0.15) is 65.9 Å². The number of benzene rings is 6. The first kappa shape index (κ1) is 58.3. The molecule has 0 bridgehead atoms. The van der Waals surface area contributed by atoms with Gasteiger partial charge >= 0.3 is 18.3 Å². The Balaban J connectivity index is 0.000000207. The molecule has 0 spiro atoms. The van der Waals surface area contributed by atoms with E-state index in [1.165, 1.54) is 69.3 Å². The highest BCUT2D eigenvalue weighted by molar-refractivity contribution is 7.85. The summed E-state index contributed by atoms with van der Waals surface area (Å²) < 4.78 is 103. The van der Waals surface area contributed by atoms with Crippen molar-refractivity contribution in [3.63, 3.8) is 0 Å². The second-order valence-electron chi connectivity index (χ2n) is 17.0. The number of amides is 5. The van der Waals surface area contributed by atoms with Gasteiger partial charge in [0.2, 0.25) is 11.8 Å². The average Bonchev–Trinajstić information content (AvgIpc) is 3.46. The Hall–Kier alpha value is -7.98. The molecule has 2 unspecified atom stereocenters. The summed E-state index contributed by atoms with van der Waals surface area (Å²) in [6, 6.07) is 39.6. The summed E-state index contributed by atoms with van der Waals surface area (Å²) in [6.07, 6.45) is -8.83. The van der Waals surface area contributed by atoms with Crippen LogP contribution >= 0.6 is 0 Å². The first-order valence-electron chi connectivity index (χ1n) is 23.8. The van der Waals surface area contributed by atoms with Crippen LogP contribution in [0.3, 0.4) is 0 Å². The van der Waals surface area contributed by atoms with Crippen molar-refractivity contribution in [3.05, 3.63) is 191 Å². The summed E-state index contributed by atoms with van der Waals surface area (Å²) in [5.74, 6) is -3.23. The molecule has 2 atom stereocenters. The fourth-order valence-electron chi connectivity index (χ4n) is 7.90. The molecule has 404 valence electrons. The summed E-state index contributed by atoms with van der Waals surface area (Å²) in [5.41, 5.74) is -2.20. The monoisotopic (exact) mass is 1100 g/mol. The summed E-state index contributed by atoms with van der Waals surface area (Å²) in [5, 5.41) is 11.3. The van der Waals surface area contributed by atoms with Gasteiger partial charge in [0, 0.05) is 83.9 Å². The van der Waals surface area contributed by atoms with Crippen molar-refractivity contribution in [2.45, 2.75) is 45.3 Å². The van der Waals surface area contributed by atoms with Crippen LogP contribution < -0.4 is 5.32 Å². The minimum absolute atomic E-state index is 0.0113. The summed E-state index contributed by atoms with van der Waals surface area (Å²) in [4.78, 5) is 80.6. The molecular weight excluding hydrogens is 1050 g/mol. The van der Waals surface area contributed by atoms with E-state index in [9.17, 15) is 63.5 Å². The molecule has 6 aromatic rings. The first-order valence-corrected chi connectivity index (χ1v) is 26.1. The maximum absolute atomic E-state index is 13.3. The van der Waals surface area contributed by atoms with Gasteiger partial charge in [-0.15, -0.1) is 0 Å². The highest BCUT2D eigenvalue weighted by Gasteiger charge is 2.38. The molecule has 0 radical (unpaired) electrons. The molecule has 14 nitrogen and oxygen atoms in total. The summed E-state index contributed by atoms with van der Waals surface area (Å²) in [7, 11) is -2.64. The van der Waals surface area contributed by atoms with Crippen molar-refractivity contribution in [1.29, 1.82) is 0 Å². The molecule has 0 saturated carbocycles. The number of alkyl halides is 6. The predicted octanol–water partition coefficient (Wildman–Crippen LogP) is 8.54. The quantitative estimate of drug-likeness (QED) is 0.120. The molecule has 0 aliphatic carbocycles. The lowest BCUT2D eigenvalue weighted by atomic mass is 10.1. The highest BCUT2D eigenvalue weighted by Crippen LogP contribution is 2.34. The van der Waals surface area contributed by atoms with Gasteiger partial charge < -0.3 is 30.0 Å². The Bertz CT molecular complexity index is 3080. The third kappa shape index (κ3) is 15.8. The zero-order valence-electron chi connectivity index (χ0n) is 41.2. The van der Waals surface area contributed by atoms with Crippen LogP contribution in [0, 0.1) is 0 Å². The lowest BCUT2D eigenvalue weighted by Crippen LogP contribution is -2.52. The van der Waals surface area contributed by atoms with Crippen molar-refractivity contribution in [2.24, 2.45) is 0 Å². The van der Waals surface area contributed by atoms with Gasteiger partial charge in [-0.25, -0.2) is 13.2 Å². The van der Waals surface area contributed by atoms with E-state index in [-0.39, 0.29) is 68.8 Å². The standard InChI is InChI=1S/C27H24F3N3O4S.C15H17F3N2O2.C13H10O3S/c28-27(29,30)23-9-5-4-8-22(23)26(36)33-16-14-32(15-17-33)24(34)18-31-25(35)19-10-12-21(13-11-19)38(37)20-6-2-1-3-7-20;1-2-13(21)19-7-9-20(10-8-19)14(22)11-5-3-4-6-12(11)15(16,17)18;14-13(15)10-6-8-12(9-7-10)17(16)11-4-2-1-3-5-11/h1-13H,14-18H2,(H,31,35);3-6H,2,7-10H2,1H3;1-9H,(H,14,15). The van der Waals surface area contributed by atoms with E-state index >= 15 is 0 Å². The van der Waals surface area contributed by atoms with Crippen molar-refractivity contribution in [2.75, 3.05) is 58.9 Å². The van der Waals surface area contributed by atoms with Gasteiger partial charge in [0.05, 0.1) is 56.0 Å². The van der Waals surface area contributed by atoms with E-state index in [0.717, 1.165) is 18.2 Å². The van der Waals surface area contributed by atoms with E-state index in [2.05, 4.69) is 5.32 Å². The SMILES string of the molecule is CCC(=O)N1CCN(C(=O)c2ccccc2C(F)(F)F)CC1.O=C(NCC(=O)N1CCN(C(=O)c2ccccc2C(F)(F)F)CC1)c1ccc(S(=O)c2ccccc2)cc1.O=C(O)c1ccc(S(=O)c2ccccc2)cc1. The van der Waals surface area contributed by atoms with Gasteiger partial charge in [-0.1, -0.05) is 67.6 Å². The second-order valence-corrected chi connectivity index (χ2v) is 19.9. The van der Waals surface area contributed by atoms with Gasteiger partial charge in [0.1, 0.15) is 0 Å². The molecule has 22 heteroatoms. The van der Waals surface area contributed by atoms with Crippen molar-refractivity contribution in [1.82, 2.24) is 24.9 Å². The highest BCUT2D eigenvalue weighted by atomic mass is 32.2. The maximum Gasteiger partial charge on any atom is 0.417 e. The summed E-state index contributed by atoms with van der Waals surface area (Å²) >= 11 is 0. The number of carboxylic acid groups (broad SMARTS) is 1. The number of carbonyl (C=O) groups excluding carboxylic acids is 5. The number of piperazine rings is 2. The number of aromatic carboxylic acids is 1. The number of rotatable bonds is 11. The number of halogens is 6. The van der Waals surface area contributed by atoms with Gasteiger partial charge in [0.15, 0.2) is 0 Å². The van der Waals surface area contributed by atoms with Crippen molar-refractivity contribution < 1.29 is 68.6 Å². The number of nitrogens with zero attached hydrogens (tertiary/aromatic N) is 4. The fourth-order valence-corrected chi connectivity index (χ4v) is 10.0. The van der Waals surface area contributed by atoms with E-state index in [1.54, 1.807) is 72.5 Å². The molecule has 6 aromatic carbocycles. The van der Waals surface area contributed by atoms with Crippen LogP contribution in [0.15, 0.2) is 177 Å². The molecular formula is C55H51F6N5O9S2. The van der Waals surface area contributed by atoms with E-state index in [4.69, 9.17) is 5.11 Å². The summed E-state index contributed by atoms with van der Waals surface area (Å²) in [6.45, 7) is 3.09. The molecule has 5 amide bonds. The molecule has 2 heterocycles. The third-order valence-electron chi connectivity index (χ3n) is 12.0. The van der Waals surface area contributed by atoms with Gasteiger partial charge in [-0.05, 0) is 97.1 Å². The maximum atomic E-state index is 13.3. The van der Waals surface area contributed by atoms with Crippen LogP contribution in [0.5, 0.6) is 0 Å². The molecule has 2 aliphatic heterocycles. The van der Waals surface area contributed by atoms with Crippen LogP contribution in [-0.4, -0.2) is 128 Å². The number of nitrogens with one attached hydrogen (secondary N) is 1. The molecule has 8 rings (SSSR count). The van der Waals surface area contributed by atoms with Crippen molar-refractivity contribution >= 4 is 57.1 Å². The zero-order chi connectivity index (χ0) is 55.9. The topological polar surface area (TPSA) is 182 Å². The zero-order valence-corrected chi connectivity index (χ0v) is 42.8. The molecule has 0 aromatic heterocycles. The minimum Gasteiger partial charge on any atom is -0.478 e. The molecule has 2 aliphatic rings. The van der Waals surface area contributed by atoms with Gasteiger partial charge in [-0.2, -0.15) is 26.3 Å². The normalized spacial score (nSPS) is 14.4. The third-order valence-corrected chi connectivity index (χ3v) is 14.8. The van der Waals surface area contributed by atoms with Crippen LogP contribution in [0.25, 0.3) is 0 Å². The van der Waals surface area contributed by atoms with E-state index in [0.29, 0.717) is 44.7 Å². The van der Waals surface area contributed by atoms with Gasteiger partial charge in [0.25, 0.3) is 17.7 Å². The fraction of sp³-hybridized carbons (Fsp3) is 0.236. The molecule has 2 saturated heterocycles. The first-order chi connectivity index (χ1) is 36.7. The lowest BCUT2D eigenvalue weighted by Gasteiger charge is -2.35. The van der Waals surface area contributed by atoms with Crippen LogP contribution in [0.2, 0.25) is 0 Å². The smallest absolute Gasteiger partial charge is 0.417 e. The van der Waals surface area contributed by atoms with E-state index in [1.807, 2.05) is 24.3 Å². The van der Waals surface area contributed by atoms with Gasteiger partial charge in [-0.3, -0.25) is 24.0 Å². The number of hydrogen-bond donors (Lipinski definition) is 2. The Labute approximate surface area is 444 Å². The molecule has 2 fully saturated rings. The molecule has 2 N–H and O–H groups in total. The van der Waals surface area contributed by atoms with Crippen LogP contribution in [0.4, 0.5) is 26.3 Å². The second kappa shape index (κ2) is 26.7. The Morgan fingerprint density at radius 1 is 0.455 bits per heavy atom. The minimum atomic E-state index is -4.65. The van der Waals surface area contributed by atoms with E-state index < -0.39 is 74.3 Å².